The second-order valence-corrected chi connectivity index (χ2v) is 5.49. The largest absolute Gasteiger partial charge is 0.483 e. The van der Waals surface area contributed by atoms with E-state index in [2.05, 4.69) is 19.9 Å². The molecule has 0 spiro atoms. The minimum atomic E-state index is -0.250. The predicted molar refractivity (Wildman–Crippen MR) is 94.4 cm³/mol. The van der Waals surface area contributed by atoms with Crippen molar-refractivity contribution in [2.45, 2.75) is 6.54 Å². The fourth-order valence-corrected chi connectivity index (χ4v) is 2.62. The molecule has 0 atom stereocenters. The first-order valence-electron chi connectivity index (χ1n) is 7.35. The Hall–Kier alpha value is -3.19. The van der Waals surface area contributed by atoms with Crippen LogP contribution in [-0.4, -0.2) is 36.1 Å². The van der Waals surface area contributed by atoms with Gasteiger partial charge in [-0.3, -0.25) is 4.79 Å². The van der Waals surface area contributed by atoms with Crippen molar-refractivity contribution in [2.24, 2.45) is 0 Å². The summed E-state index contributed by atoms with van der Waals surface area (Å²) < 4.78 is 2.02. The highest BCUT2D eigenvalue weighted by molar-refractivity contribution is 6.31. The molecule has 0 amide bonds. The Labute approximate surface area is 148 Å². The number of H-pyrrole nitrogens is 1. The standard InChI is InChI=1S/C16H12ClN5.CH2O2/c17-12-2-4-13-11(9-12)1-3-14(21-13)16-20-7-8-22(16)10-15-18-5-6-19-15;2-1-3/h1-9H,10H2,(H,18,19);1H,(H,2,3). The topological polar surface area (TPSA) is 96.7 Å². The molecule has 4 rings (SSSR count). The SMILES string of the molecule is Clc1ccc2nc(-c3nccn3Cc3ncc[nH]3)ccc2c1.O=CO. The lowest BCUT2D eigenvalue weighted by molar-refractivity contribution is -0.122. The van der Waals surface area contributed by atoms with Crippen molar-refractivity contribution in [1.29, 1.82) is 0 Å². The maximum Gasteiger partial charge on any atom is 0.290 e. The molecule has 0 unspecified atom stereocenters. The van der Waals surface area contributed by atoms with Gasteiger partial charge >= 0.3 is 0 Å². The number of benzene rings is 1. The number of carbonyl (C=O) groups is 1. The van der Waals surface area contributed by atoms with Gasteiger partial charge in [0.1, 0.15) is 11.5 Å². The monoisotopic (exact) mass is 355 g/mol. The van der Waals surface area contributed by atoms with Crippen LogP contribution in [0.15, 0.2) is 55.1 Å². The fourth-order valence-electron chi connectivity index (χ4n) is 2.44. The summed E-state index contributed by atoms with van der Waals surface area (Å²) in [6.45, 7) is 0.378. The van der Waals surface area contributed by atoms with E-state index in [1.165, 1.54) is 0 Å². The summed E-state index contributed by atoms with van der Waals surface area (Å²) >= 11 is 6.01. The van der Waals surface area contributed by atoms with E-state index < -0.39 is 0 Å². The van der Waals surface area contributed by atoms with E-state index in [9.17, 15) is 0 Å². The number of fused-ring (bicyclic) bond motifs is 1. The summed E-state index contributed by atoms with van der Waals surface area (Å²) in [6, 6.07) is 9.63. The number of nitrogens with zero attached hydrogens (tertiary/aromatic N) is 4. The van der Waals surface area contributed by atoms with E-state index in [1.54, 1.807) is 12.4 Å². The smallest absolute Gasteiger partial charge is 0.290 e. The van der Waals surface area contributed by atoms with Crippen molar-refractivity contribution in [2.75, 3.05) is 0 Å². The van der Waals surface area contributed by atoms with E-state index in [1.807, 2.05) is 47.3 Å². The van der Waals surface area contributed by atoms with Crippen LogP contribution in [0, 0.1) is 0 Å². The minimum Gasteiger partial charge on any atom is -0.483 e. The van der Waals surface area contributed by atoms with Gasteiger partial charge in [-0.25, -0.2) is 15.0 Å². The molecule has 0 aliphatic heterocycles. The van der Waals surface area contributed by atoms with E-state index in [4.69, 9.17) is 21.5 Å². The molecule has 7 nitrogen and oxygen atoms in total. The fraction of sp³-hybridized carbons (Fsp3) is 0.0588. The molecule has 0 aliphatic rings. The lowest BCUT2D eigenvalue weighted by Crippen LogP contribution is -2.03. The number of aromatic amines is 1. The lowest BCUT2D eigenvalue weighted by atomic mass is 10.2. The zero-order valence-electron chi connectivity index (χ0n) is 13.0. The van der Waals surface area contributed by atoms with Gasteiger partial charge in [0.05, 0.1) is 12.1 Å². The van der Waals surface area contributed by atoms with E-state index in [-0.39, 0.29) is 6.47 Å². The average molecular weight is 356 g/mol. The summed E-state index contributed by atoms with van der Waals surface area (Å²) in [7, 11) is 0. The van der Waals surface area contributed by atoms with Gasteiger partial charge in [-0.15, -0.1) is 0 Å². The number of hydrogen-bond donors (Lipinski definition) is 2. The first kappa shape index (κ1) is 16.7. The van der Waals surface area contributed by atoms with Gasteiger partial charge in [0.2, 0.25) is 0 Å². The second-order valence-electron chi connectivity index (χ2n) is 5.05. The highest BCUT2D eigenvalue weighted by Gasteiger charge is 2.09. The van der Waals surface area contributed by atoms with Crippen LogP contribution in [0.3, 0.4) is 0 Å². The maximum absolute atomic E-state index is 8.36. The predicted octanol–water partition coefficient (Wildman–Crippen LogP) is 3.22. The van der Waals surface area contributed by atoms with E-state index in [0.717, 1.165) is 28.2 Å². The molecule has 0 saturated carbocycles. The van der Waals surface area contributed by atoms with Crippen LogP contribution in [-0.2, 0) is 11.3 Å². The number of hydrogen-bond acceptors (Lipinski definition) is 4. The number of nitrogens with one attached hydrogen (secondary N) is 1. The summed E-state index contributed by atoms with van der Waals surface area (Å²) in [5.41, 5.74) is 1.72. The van der Waals surface area contributed by atoms with E-state index >= 15 is 0 Å². The van der Waals surface area contributed by atoms with Crippen molar-refractivity contribution in [1.82, 2.24) is 24.5 Å². The van der Waals surface area contributed by atoms with Crippen LogP contribution in [0.5, 0.6) is 0 Å². The molecular formula is C17H14ClN5O2. The molecule has 0 fully saturated rings. The Morgan fingerprint density at radius 3 is 2.80 bits per heavy atom. The Morgan fingerprint density at radius 1 is 1.20 bits per heavy atom. The van der Waals surface area contributed by atoms with Crippen molar-refractivity contribution in [3.63, 3.8) is 0 Å². The van der Waals surface area contributed by atoms with Crippen molar-refractivity contribution >= 4 is 29.0 Å². The van der Waals surface area contributed by atoms with Gasteiger partial charge in [0, 0.05) is 35.2 Å². The molecule has 25 heavy (non-hydrogen) atoms. The van der Waals surface area contributed by atoms with Gasteiger partial charge < -0.3 is 14.7 Å². The molecule has 8 heteroatoms. The van der Waals surface area contributed by atoms with Crippen LogP contribution >= 0.6 is 11.6 Å². The number of aromatic nitrogens is 5. The second kappa shape index (κ2) is 7.59. The van der Waals surface area contributed by atoms with Crippen molar-refractivity contribution in [3.8, 4) is 11.5 Å². The summed E-state index contributed by atoms with van der Waals surface area (Å²) in [6.07, 6.45) is 7.24. The third-order valence-corrected chi connectivity index (χ3v) is 3.71. The normalized spacial score (nSPS) is 10.3. The molecule has 4 aromatic rings. The molecule has 2 N–H and O–H groups in total. The van der Waals surface area contributed by atoms with E-state index in [0.29, 0.717) is 11.6 Å². The van der Waals surface area contributed by atoms with Gasteiger partial charge in [-0.1, -0.05) is 17.7 Å². The van der Waals surface area contributed by atoms with Crippen LogP contribution < -0.4 is 0 Å². The number of carboxylic acid groups (broad SMARTS) is 1. The summed E-state index contributed by atoms with van der Waals surface area (Å²) in [5.74, 6) is 1.69. The molecular weight excluding hydrogens is 342 g/mol. The molecule has 3 heterocycles. The first-order valence-corrected chi connectivity index (χ1v) is 7.73. The number of pyridine rings is 1. The Balaban J connectivity index is 0.000000569. The molecule has 0 saturated heterocycles. The minimum absolute atomic E-state index is 0.250. The Kier molecular flexibility index (Phi) is 5.06. The summed E-state index contributed by atoms with van der Waals surface area (Å²) in [4.78, 5) is 24.8. The Bertz CT molecular complexity index is 982. The molecule has 0 aliphatic carbocycles. The third-order valence-electron chi connectivity index (χ3n) is 3.47. The zero-order chi connectivity index (χ0) is 17.6. The van der Waals surface area contributed by atoms with Crippen molar-refractivity contribution < 1.29 is 9.90 Å². The zero-order valence-corrected chi connectivity index (χ0v) is 13.8. The van der Waals surface area contributed by atoms with Gasteiger partial charge in [-0.2, -0.15) is 0 Å². The van der Waals surface area contributed by atoms with Gasteiger partial charge in [0.25, 0.3) is 6.47 Å². The molecule has 126 valence electrons. The van der Waals surface area contributed by atoms with Crippen LogP contribution in [0.2, 0.25) is 5.02 Å². The number of halogens is 1. The Morgan fingerprint density at radius 2 is 2.04 bits per heavy atom. The summed E-state index contributed by atoms with van der Waals surface area (Å²) in [5, 5.41) is 8.61. The highest BCUT2D eigenvalue weighted by atomic mass is 35.5. The first-order chi connectivity index (χ1) is 12.2. The quantitative estimate of drug-likeness (QED) is 0.550. The third kappa shape index (κ3) is 3.84. The lowest BCUT2D eigenvalue weighted by Gasteiger charge is -2.07. The maximum atomic E-state index is 8.36. The van der Waals surface area contributed by atoms with Gasteiger partial charge in [-0.05, 0) is 24.3 Å². The van der Waals surface area contributed by atoms with Crippen molar-refractivity contribution in [3.05, 3.63) is 66.0 Å². The molecule has 0 bridgehead atoms. The average Bonchev–Trinajstić information content (AvgIpc) is 3.27. The van der Waals surface area contributed by atoms with Crippen LogP contribution in [0.4, 0.5) is 0 Å². The van der Waals surface area contributed by atoms with Crippen LogP contribution in [0.1, 0.15) is 5.82 Å². The number of imidazole rings is 2. The molecule has 1 aromatic carbocycles. The number of rotatable bonds is 3. The molecule has 3 aromatic heterocycles. The highest BCUT2D eigenvalue weighted by Crippen LogP contribution is 2.22. The van der Waals surface area contributed by atoms with Gasteiger partial charge in [0.15, 0.2) is 5.82 Å². The molecule has 0 radical (unpaired) electrons. The van der Waals surface area contributed by atoms with Crippen LogP contribution in [0.25, 0.3) is 22.4 Å².